The molecule has 0 aliphatic carbocycles. The van der Waals surface area contributed by atoms with Crippen LogP contribution in [-0.2, 0) is 6.54 Å². The van der Waals surface area contributed by atoms with Crippen LogP contribution in [0.25, 0.3) is 0 Å². The third kappa shape index (κ3) is 13.9. The Morgan fingerprint density at radius 3 is 2.23 bits per heavy atom. The largest absolute Gasteiger partial charge is 0.366 e. The molecule has 0 saturated heterocycles. The van der Waals surface area contributed by atoms with Crippen LogP contribution in [-0.4, -0.2) is 16.7 Å². The van der Waals surface area contributed by atoms with Gasteiger partial charge in [0.25, 0.3) is 0 Å². The van der Waals surface area contributed by atoms with Crippen molar-refractivity contribution in [1.82, 2.24) is 15.3 Å². The van der Waals surface area contributed by atoms with Gasteiger partial charge in [-0.2, -0.15) is 5.10 Å². The predicted octanol–water partition coefficient (Wildman–Crippen LogP) is 10.8. The van der Waals surface area contributed by atoms with E-state index in [1.807, 2.05) is 36.3 Å². The molecular weight excluding hydrogens is 556 g/mol. The monoisotopic (exact) mass is 608 g/mol. The van der Waals surface area contributed by atoms with E-state index in [1.54, 1.807) is 11.2 Å². The fourth-order valence-electron chi connectivity index (χ4n) is 4.39. The van der Waals surface area contributed by atoms with Gasteiger partial charge in [0.05, 0.1) is 0 Å². The highest BCUT2D eigenvalue weighted by Gasteiger charge is 2.14. The number of aromatic nitrogens is 1. The molecule has 1 rings (SSSR count). The van der Waals surface area contributed by atoms with Crippen LogP contribution in [0, 0.1) is 5.92 Å². The normalized spacial score (nSPS) is 11.8. The minimum absolute atomic E-state index is 0.486. The maximum Gasteiger partial charge on any atom is 0.128 e. The molecule has 1 heterocycles. The summed E-state index contributed by atoms with van der Waals surface area (Å²) < 4.78 is 0. The molecule has 0 aliphatic rings. The summed E-state index contributed by atoms with van der Waals surface area (Å²) in [5, 5.41) is 9.42. The summed E-state index contributed by atoms with van der Waals surface area (Å²) in [6, 6.07) is 3.98. The van der Waals surface area contributed by atoms with Crippen molar-refractivity contribution < 1.29 is 0 Å². The summed E-state index contributed by atoms with van der Waals surface area (Å²) in [7, 11) is 0. The minimum atomic E-state index is 0.486. The summed E-state index contributed by atoms with van der Waals surface area (Å²) in [4.78, 5) is 6.00. The van der Waals surface area contributed by atoms with Crippen LogP contribution in [0.3, 0.4) is 0 Å². The summed E-state index contributed by atoms with van der Waals surface area (Å²) in [6.45, 7) is 31.3. The molecule has 220 valence electrons. The molecule has 1 aromatic rings. The summed E-state index contributed by atoms with van der Waals surface area (Å²) >= 11 is 3.39. The van der Waals surface area contributed by atoms with Crippen LogP contribution < -0.4 is 5.32 Å². The highest BCUT2D eigenvalue weighted by atomic mass is 79.9. The Balaban J connectivity index is 0.000000919. The maximum absolute atomic E-state index is 4.34. The SMILES string of the molecule is C=CCCC(=C(C)C)/C(=C\C)C(=C)C.C=NN(/C(=C\C(=C)C(CCC)CCC)NCc1cccnc1)/C(C)=C/Br. The first-order valence-corrected chi connectivity index (χ1v) is 15.2. The van der Waals surface area contributed by atoms with Crippen LogP contribution >= 0.6 is 15.9 Å². The molecule has 0 aliphatic heterocycles. The summed E-state index contributed by atoms with van der Waals surface area (Å²) in [5.41, 5.74) is 8.40. The lowest BCUT2D eigenvalue weighted by molar-refractivity contribution is 0.415. The molecule has 5 heteroatoms. The van der Waals surface area contributed by atoms with Crippen molar-refractivity contribution in [1.29, 1.82) is 0 Å². The fourth-order valence-corrected chi connectivity index (χ4v) is 4.58. The second-order valence-corrected chi connectivity index (χ2v) is 10.5. The van der Waals surface area contributed by atoms with Crippen LogP contribution in [0.5, 0.6) is 0 Å². The second kappa shape index (κ2) is 21.8. The van der Waals surface area contributed by atoms with Gasteiger partial charge in [0.2, 0.25) is 0 Å². The maximum atomic E-state index is 4.34. The zero-order chi connectivity index (χ0) is 30.5. The smallest absolute Gasteiger partial charge is 0.128 e. The second-order valence-electron chi connectivity index (χ2n) is 10.1. The average molecular weight is 610 g/mol. The number of rotatable bonds is 17. The van der Waals surface area contributed by atoms with Gasteiger partial charge in [-0.15, -0.1) is 6.58 Å². The number of hydrazone groups is 1. The predicted molar refractivity (Wildman–Crippen MR) is 182 cm³/mol. The Morgan fingerprint density at radius 1 is 1.15 bits per heavy atom. The first-order chi connectivity index (χ1) is 19.1. The van der Waals surface area contributed by atoms with E-state index in [1.165, 1.54) is 16.7 Å². The Bertz CT molecular complexity index is 1050. The van der Waals surface area contributed by atoms with E-state index >= 15 is 0 Å². The quantitative estimate of drug-likeness (QED) is 0.0827. The third-order valence-electron chi connectivity index (χ3n) is 6.45. The average Bonchev–Trinajstić information content (AvgIpc) is 2.94. The van der Waals surface area contributed by atoms with E-state index in [0.29, 0.717) is 12.5 Å². The van der Waals surface area contributed by atoms with Gasteiger partial charge in [-0.25, -0.2) is 5.01 Å². The van der Waals surface area contributed by atoms with Crippen molar-refractivity contribution in [2.45, 2.75) is 93.5 Å². The lowest BCUT2D eigenvalue weighted by Gasteiger charge is -2.25. The van der Waals surface area contributed by atoms with Gasteiger partial charge in [-0.05, 0) is 101 Å². The number of allylic oxidation sites excluding steroid dienone is 9. The van der Waals surface area contributed by atoms with Gasteiger partial charge in [0, 0.05) is 36.3 Å². The molecule has 40 heavy (non-hydrogen) atoms. The van der Waals surface area contributed by atoms with Crippen molar-refractivity contribution in [3.8, 4) is 0 Å². The lowest BCUT2D eigenvalue weighted by atomic mass is 9.91. The first kappa shape index (κ1) is 37.1. The van der Waals surface area contributed by atoms with E-state index in [4.69, 9.17) is 0 Å². The number of hydrogen-bond acceptors (Lipinski definition) is 4. The molecule has 4 nitrogen and oxygen atoms in total. The van der Waals surface area contributed by atoms with Gasteiger partial charge in [-0.1, -0.05) is 85.1 Å². The van der Waals surface area contributed by atoms with Gasteiger partial charge >= 0.3 is 0 Å². The van der Waals surface area contributed by atoms with E-state index in [0.717, 1.165) is 66.8 Å². The van der Waals surface area contributed by atoms with Gasteiger partial charge in [-0.3, -0.25) is 4.98 Å². The Morgan fingerprint density at radius 2 is 1.80 bits per heavy atom. The van der Waals surface area contributed by atoms with Crippen molar-refractivity contribution in [2.24, 2.45) is 11.0 Å². The Kier molecular flexibility index (Phi) is 20.3. The zero-order valence-electron chi connectivity index (χ0n) is 26.2. The minimum Gasteiger partial charge on any atom is -0.366 e. The summed E-state index contributed by atoms with van der Waals surface area (Å²) in [6.07, 6.45) is 16.5. The van der Waals surface area contributed by atoms with Crippen molar-refractivity contribution in [3.63, 3.8) is 0 Å². The van der Waals surface area contributed by atoms with Crippen LogP contribution in [0.4, 0.5) is 0 Å². The van der Waals surface area contributed by atoms with E-state index in [9.17, 15) is 0 Å². The molecule has 0 bridgehead atoms. The topological polar surface area (TPSA) is 40.5 Å². The van der Waals surface area contributed by atoms with Crippen LogP contribution in [0.1, 0.15) is 92.6 Å². The van der Waals surface area contributed by atoms with Crippen LogP contribution in [0.2, 0.25) is 0 Å². The Hall–Kier alpha value is -2.92. The van der Waals surface area contributed by atoms with E-state index in [-0.39, 0.29) is 0 Å². The number of hydrogen-bond donors (Lipinski definition) is 1. The van der Waals surface area contributed by atoms with Gasteiger partial charge in [0.15, 0.2) is 0 Å². The zero-order valence-corrected chi connectivity index (χ0v) is 27.8. The van der Waals surface area contributed by atoms with Gasteiger partial charge < -0.3 is 5.32 Å². The molecular formula is C35H53BrN4. The molecule has 0 radical (unpaired) electrons. The Labute approximate surface area is 254 Å². The number of pyridine rings is 1. The van der Waals surface area contributed by atoms with E-state index in [2.05, 4.69) is 111 Å². The molecule has 1 aromatic heterocycles. The highest BCUT2D eigenvalue weighted by Crippen LogP contribution is 2.26. The standard InChI is InChI=1S/C21H31BrN4.C14H22/c1-6-9-20(10-7-2)17(3)13-21(26(23-5)18(4)14-22)25-16-19-11-8-12-24-15-19;1-7-9-10-14(12(5)6)13(8-2)11(3)4/h8,11-15,20,25H,3,5-7,9-10,16H2,1-2,4H3;7-8H,1,3,9-10H2,2,4-6H3/b18-14+,21-13-;13-8-. The molecule has 0 unspecified atom stereocenters. The molecule has 0 fully saturated rings. The van der Waals surface area contributed by atoms with Gasteiger partial charge in [0.1, 0.15) is 5.82 Å². The molecule has 0 amide bonds. The molecule has 0 spiro atoms. The molecule has 1 N–H and O–H groups in total. The highest BCUT2D eigenvalue weighted by molar-refractivity contribution is 9.11. The number of nitrogens with one attached hydrogen (secondary N) is 1. The molecule has 0 saturated carbocycles. The fraction of sp³-hybridized carbons (Fsp3) is 0.429. The number of halogens is 1. The van der Waals surface area contributed by atoms with Crippen LogP contribution in [0.15, 0.2) is 112 Å². The van der Waals surface area contributed by atoms with Crippen molar-refractivity contribution in [2.75, 3.05) is 0 Å². The van der Waals surface area contributed by atoms with Crippen molar-refractivity contribution >= 4 is 22.6 Å². The van der Waals surface area contributed by atoms with E-state index < -0.39 is 0 Å². The van der Waals surface area contributed by atoms with Crippen molar-refractivity contribution in [3.05, 3.63) is 112 Å². The third-order valence-corrected chi connectivity index (χ3v) is 7.12. The first-order valence-electron chi connectivity index (χ1n) is 14.3. The molecule has 0 atom stereocenters. The lowest BCUT2D eigenvalue weighted by Crippen LogP contribution is -2.27. The summed E-state index contributed by atoms with van der Waals surface area (Å²) in [5.74, 6) is 1.35. The molecule has 0 aromatic carbocycles. The number of nitrogens with zero attached hydrogens (tertiary/aromatic N) is 3.